The molecule has 0 fully saturated rings. The van der Waals surface area contributed by atoms with E-state index in [1.54, 1.807) is 35.1 Å². The average Bonchev–Trinajstić information content (AvgIpc) is 3.55. The zero-order valence-corrected chi connectivity index (χ0v) is 18.8. The fourth-order valence-electron chi connectivity index (χ4n) is 4.49. The van der Waals surface area contributed by atoms with Crippen LogP contribution in [0.25, 0.3) is 33.5 Å². The van der Waals surface area contributed by atoms with E-state index in [0.717, 1.165) is 28.1 Å². The number of benzene rings is 3. The van der Waals surface area contributed by atoms with Gasteiger partial charge in [-0.15, -0.1) is 0 Å². The average molecular weight is 483 g/mol. The summed E-state index contributed by atoms with van der Waals surface area (Å²) in [6.45, 7) is -0.103. The van der Waals surface area contributed by atoms with Crippen LogP contribution >= 0.6 is 0 Å². The van der Waals surface area contributed by atoms with Gasteiger partial charge in [-0.2, -0.15) is 14.9 Å². The van der Waals surface area contributed by atoms with Crippen molar-refractivity contribution in [3.8, 4) is 22.6 Å². The molecule has 2 aliphatic rings. The molecule has 0 saturated heterocycles. The molecule has 4 aromatic rings. The molecule has 0 saturated carbocycles. The van der Waals surface area contributed by atoms with E-state index in [0.29, 0.717) is 11.3 Å². The van der Waals surface area contributed by atoms with Crippen LogP contribution < -0.4 is 5.56 Å². The van der Waals surface area contributed by atoms with E-state index in [9.17, 15) is 9.90 Å². The van der Waals surface area contributed by atoms with Gasteiger partial charge in [0.15, 0.2) is 0 Å². The molecule has 36 heavy (non-hydrogen) atoms. The highest BCUT2D eigenvalue weighted by atomic mass is 19.1. The van der Waals surface area contributed by atoms with Crippen molar-refractivity contribution in [1.29, 1.82) is 0 Å². The van der Waals surface area contributed by atoms with Crippen molar-refractivity contribution in [2.45, 2.75) is 13.2 Å². The van der Waals surface area contributed by atoms with Gasteiger partial charge in [-0.05, 0) is 42.0 Å². The number of hydrogen-bond acceptors (Lipinski definition) is 4. The Morgan fingerprint density at radius 1 is 0.917 bits per heavy atom. The fraction of sp³-hybridized carbons (Fsp3) is 0.0741. The lowest BCUT2D eigenvalue weighted by Crippen LogP contribution is -2.17. The van der Waals surface area contributed by atoms with Gasteiger partial charge in [0, 0.05) is 30.7 Å². The zero-order chi connectivity index (χ0) is 24.8. The lowest BCUT2D eigenvalue weighted by molar-refractivity contribution is 0.281. The highest BCUT2D eigenvalue weighted by Crippen LogP contribution is 2.32. The van der Waals surface area contributed by atoms with E-state index in [1.807, 2.05) is 36.5 Å². The lowest BCUT2D eigenvalue weighted by atomic mass is 10.1. The van der Waals surface area contributed by atoms with Crippen molar-refractivity contribution in [1.82, 2.24) is 24.1 Å². The minimum Gasteiger partial charge on any atom is -0.392 e. The Balaban J connectivity index is 1.54. The number of fused-ring (bicyclic) bond motifs is 3. The highest BCUT2D eigenvalue weighted by Gasteiger charge is 2.25. The normalized spacial score (nSPS) is 11.5. The van der Waals surface area contributed by atoms with E-state index < -0.39 is 17.2 Å². The maximum absolute atomic E-state index is 15.1. The third kappa shape index (κ3) is 3.48. The van der Waals surface area contributed by atoms with E-state index in [2.05, 4.69) is 10.2 Å². The molecule has 0 radical (unpaired) electrons. The highest BCUT2D eigenvalue weighted by molar-refractivity contribution is 5.94. The van der Waals surface area contributed by atoms with Gasteiger partial charge in [-0.25, -0.2) is 13.5 Å². The molecule has 3 aromatic carbocycles. The van der Waals surface area contributed by atoms with Crippen molar-refractivity contribution in [3.05, 3.63) is 118 Å². The van der Waals surface area contributed by atoms with E-state index >= 15 is 8.78 Å². The van der Waals surface area contributed by atoms with Gasteiger partial charge in [0.1, 0.15) is 17.3 Å². The minimum atomic E-state index is -0.681. The Morgan fingerprint density at radius 2 is 1.69 bits per heavy atom. The SMILES string of the molecule is O=c1c2cn(Cc3ccc(-n4cccn4)cc3)c3c(F)ccc(F)c3c-2nn1-c1ccccc1CO. The van der Waals surface area contributed by atoms with Crippen molar-refractivity contribution >= 4 is 10.9 Å². The minimum absolute atomic E-state index is 0.0127. The molecule has 0 amide bonds. The number of pyridine rings is 1. The first-order chi connectivity index (χ1) is 17.5. The van der Waals surface area contributed by atoms with Gasteiger partial charge in [0.2, 0.25) is 0 Å². The first-order valence-corrected chi connectivity index (χ1v) is 11.2. The molecular weight excluding hydrogens is 464 g/mol. The molecule has 0 aliphatic carbocycles. The molecule has 2 aliphatic heterocycles. The van der Waals surface area contributed by atoms with Crippen molar-refractivity contribution in [3.63, 3.8) is 0 Å². The van der Waals surface area contributed by atoms with Crippen molar-refractivity contribution in [2.24, 2.45) is 0 Å². The number of para-hydroxylation sites is 1. The van der Waals surface area contributed by atoms with Gasteiger partial charge in [0.25, 0.3) is 5.56 Å². The molecule has 6 rings (SSSR count). The van der Waals surface area contributed by atoms with Crippen molar-refractivity contribution in [2.75, 3.05) is 0 Å². The van der Waals surface area contributed by atoms with Gasteiger partial charge in [0.05, 0.1) is 34.4 Å². The predicted octanol–water partition coefficient (Wildman–Crippen LogP) is 4.30. The standard InChI is InChI=1S/C27H19F2N5O2/c28-21-10-11-22(29)26-24(21)25-20(27(36)34(31-25)23-5-2-1-4-18(23)16-35)15-32(26)14-17-6-8-19(9-7-17)33-13-3-12-30-33/h1-13,15,35H,14,16H2. The molecule has 9 heteroatoms. The summed E-state index contributed by atoms with van der Waals surface area (Å²) in [6.07, 6.45) is 5.02. The fourth-order valence-corrected chi connectivity index (χ4v) is 4.49. The van der Waals surface area contributed by atoms with Crippen LogP contribution in [0.5, 0.6) is 0 Å². The summed E-state index contributed by atoms with van der Waals surface area (Å²) >= 11 is 0. The Hall–Kier alpha value is -4.63. The first kappa shape index (κ1) is 21.9. The van der Waals surface area contributed by atoms with Crippen LogP contribution in [0.3, 0.4) is 0 Å². The van der Waals surface area contributed by atoms with Gasteiger partial charge >= 0.3 is 0 Å². The molecule has 0 atom stereocenters. The lowest BCUT2D eigenvalue weighted by Gasteiger charge is -2.15. The molecule has 1 aromatic heterocycles. The molecule has 0 spiro atoms. The number of halogens is 2. The second-order valence-electron chi connectivity index (χ2n) is 8.39. The molecule has 1 N–H and O–H groups in total. The molecular formula is C27H19F2N5O2. The van der Waals surface area contributed by atoms with Gasteiger partial charge < -0.3 is 9.67 Å². The first-order valence-electron chi connectivity index (χ1n) is 11.2. The zero-order valence-electron chi connectivity index (χ0n) is 18.8. The Kier molecular flexibility index (Phi) is 5.19. The van der Waals surface area contributed by atoms with E-state index in [-0.39, 0.29) is 35.3 Å². The number of hydrogen-bond donors (Lipinski definition) is 1. The maximum atomic E-state index is 15.1. The Bertz CT molecular complexity index is 1740. The number of aliphatic hydroxyl groups excluding tert-OH is 1. The molecule has 178 valence electrons. The van der Waals surface area contributed by atoms with Crippen LogP contribution in [0, 0.1) is 11.6 Å². The number of aliphatic hydroxyl groups is 1. The second kappa shape index (κ2) is 8.54. The van der Waals surface area contributed by atoms with Gasteiger partial charge in [-0.1, -0.05) is 30.3 Å². The summed E-state index contributed by atoms with van der Waals surface area (Å²) in [7, 11) is 0. The molecule has 7 nitrogen and oxygen atoms in total. The number of aromatic nitrogens is 5. The quantitative estimate of drug-likeness (QED) is 0.397. The predicted molar refractivity (Wildman–Crippen MR) is 130 cm³/mol. The molecule has 0 unspecified atom stereocenters. The van der Waals surface area contributed by atoms with Gasteiger partial charge in [-0.3, -0.25) is 4.79 Å². The number of rotatable bonds is 5. The largest absolute Gasteiger partial charge is 0.392 e. The molecule has 0 bridgehead atoms. The third-order valence-corrected chi connectivity index (χ3v) is 6.21. The van der Waals surface area contributed by atoms with E-state index in [1.165, 1.54) is 10.8 Å². The van der Waals surface area contributed by atoms with Crippen LogP contribution in [0.2, 0.25) is 0 Å². The van der Waals surface area contributed by atoms with Crippen LogP contribution in [0.1, 0.15) is 11.1 Å². The maximum Gasteiger partial charge on any atom is 0.282 e. The molecule has 3 heterocycles. The summed E-state index contributed by atoms with van der Waals surface area (Å²) in [5.41, 5.74) is 2.29. The Labute approximate surface area is 203 Å². The van der Waals surface area contributed by atoms with E-state index in [4.69, 9.17) is 0 Å². The summed E-state index contributed by atoms with van der Waals surface area (Å²) in [5.74, 6) is -1.31. The van der Waals surface area contributed by atoms with Crippen LogP contribution in [0.4, 0.5) is 8.78 Å². The second-order valence-corrected chi connectivity index (χ2v) is 8.39. The smallest absolute Gasteiger partial charge is 0.282 e. The number of nitrogens with zero attached hydrogens (tertiary/aromatic N) is 5. The van der Waals surface area contributed by atoms with Crippen LogP contribution in [-0.4, -0.2) is 29.2 Å². The Morgan fingerprint density at radius 3 is 2.44 bits per heavy atom. The summed E-state index contributed by atoms with van der Waals surface area (Å²) in [5, 5.41) is 18.2. The summed E-state index contributed by atoms with van der Waals surface area (Å²) in [4.78, 5) is 13.4. The third-order valence-electron chi connectivity index (χ3n) is 6.21. The van der Waals surface area contributed by atoms with Crippen LogP contribution in [0.15, 0.2) is 90.1 Å². The summed E-state index contributed by atoms with van der Waals surface area (Å²) < 4.78 is 34.6. The topological polar surface area (TPSA) is 77.9 Å². The monoisotopic (exact) mass is 483 g/mol. The van der Waals surface area contributed by atoms with Crippen molar-refractivity contribution < 1.29 is 13.9 Å². The summed E-state index contributed by atoms with van der Waals surface area (Å²) in [6, 6.07) is 18.2. The van der Waals surface area contributed by atoms with Crippen LogP contribution in [-0.2, 0) is 13.2 Å².